The number of anilines is 3. The molecule has 0 saturated carbocycles. The van der Waals surface area contributed by atoms with Crippen molar-refractivity contribution in [1.82, 2.24) is 19.9 Å². The minimum absolute atomic E-state index is 0.114. The van der Waals surface area contributed by atoms with E-state index in [1.54, 1.807) is 21.0 Å². The number of carbonyl (C=O) groups is 1. The summed E-state index contributed by atoms with van der Waals surface area (Å²) in [7, 11) is 3.28. The van der Waals surface area contributed by atoms with Crippen molar-refractivity contribution in [1.29, 1.82) is 5.26 Å². The van der Waals surface area contributed by atoms with Crippen molar-refractivity contribution in [2.75, 3.05) is 29.6 Å². The second kappa shape index (κ2) is 8.29. The van der Waals surface area contributed by atoms with E-state index in [9.17, 15) is 10.1 Å². The number of amides is 1. The monoisotopic (exact) mass is 334 g/mol. The number of nitrogens with one attached hydrogen (secondary N) is 2. The highest BCUT2D eigenvalue weighted by molar-refractivity contribution is 5.84. The molecule has 0 aromatic carbocycles. The summed E-state index contributed by atoms with van der Waals surface area (Å²) in [6.07, 6.45) is 1.99. The Labute approximate surface area is 143 Å². The first-order valence-corrected chi connectivity index (χ1v) is 7.85. The Balaban J connectivity index is 3.27. The van der Waals surface area contributed by atoms with Crippen LogP contribution in [-0.4, -0.2) is 58.0 Å². The molecule has 9 heteroatoms. The molecule has 0 fully saturated rings. The molecule has 1 atom stereocenters. The Morgan fingerprint density at radius 1 is 1.00 bits per heavy atom. The van der Waals surface area contributed by atoms with E-state index in [2.05, 4.69) is 25.6 Å². The molecular weight excluding hydrogens is 308 g/mol. The first kappa shape index (κ1) is 19.4. The third-order valence-electron chi connectivity index (χ3n) is 2.97. The van der Waals surface area contributed by atoms with Crippen LogP contribution in [0, 0.1) is 11.5 Å². The van der Waals surface area contributed by atoms with Gasteiger partial charge in [0.2, 0.25) is 23.8 Å². The van der Waals surface area contributed by atoms with Crippen molar-refractivity contribution in [2.24, 2.45) is 0 Å². The Hall–Kier alpha value is -2.63. The number of hydrogen-bond acceptors (Lipinski definition) is 8. The van der Waals surface area contributed by atoms with Gasteiger partial charge in [-0.3, -0.25) is 4.79 Å². The topological polar surface area (TPSA) is 110 Å². The molecule has 1 heterocycles. The van der Waals surface area contributed by atoms with Crippen molar-refractivity contribution in [2.45, 2.75) is 52.7 Å². The zero-order valence-electron chi connectivity index (χ0n) is 15.3. The third-order valence-corrected chi connectivity index (χ3v) is 2.97. The van der Waals surface area contributed by atoms with Gasteiger partial charge < -0.3 is 15.5 Å². The molecule has 0 spiro atoms. The van der Waals surface area contributed by atoms with Gasteiger partial charge in [-0.1, -0.05) is 0 Å². The van der Waals surface area contributed by atoms with Gasteiger partial charge in [-0.25, -0.2) is 4.90 Å². The summed E-state index contributed by atoms with van der Waals surface area (Å²) in [5.74, 6) is 0.612. The van der Waals surface area contributed by atoms with Crippen LogP contribution >= 0.6 is 0 Å². The lowest BCUT2D eigenvalue weighted by Gasteiger charge is -2.24. The maximum atomic E-state index is 12.2. The van der Waals surface area contributed by atoms with E-state index in [1.807, 2.05) is 33.9 Å². The van der Waals surface area contributed by atoms with Gasteiger partial charge >= 0.3 is 0 Å². The molecule has 1 amide bonds. The van der Waals surface area contributed by atoms with Crippen LogP contribution in [0.2, 0.25) is 0 Å². The van der Waals surface area contributed by atoms with Gasteiger partial charge in [-0.05, 0) is 34.6 Å². The number of aromatic nitrogens is 3. The molecule has 1 aromatic rings. The molecule has 9 nitrogen and oxygen atoms in total. The second-order valence-electron chi connectivity index (χ2n) is 6.26. The van der Waals surface area contributed by atoms with E-state index < -0.39 is 6.04 Å². The fourth-order valence-corrected chi connectivity index (χ4v) is 1.91. The second-order valence-corrected chi connectivity index (χ2v) is 6.26. The number of rotatable bonds is 7. The molecule has 2 N–H and O–H groups in total. The van der Waals surface area contributed by atoms with E-state index in [0.29, 0.717) is 11.9 Å². The zero-order chi connectivity index (χ0) is 18.4. The largest absolute Gasteiger partial charge is 0.352 e. The predicted octanol–water partition coefficient (Wildman–Crippen LogP) is 1.28. The molecule has 0 bridgehead atoms. The minimum atomic E-state index is -0.716. The predicted molar refractivity (Wildman–Crippen MR) is 93.6 cm³/mol. The number of likely N-dealkylation sites (N-methyl/N-ethyl adjacent to an activating group) is 1. The summed E-state index contributed by atoms with van der Waals surface area (Å²) in [5, 5.41) is 15.7. The summed E-state index contributed by atoms with van der Waals surface area (Å²) >= 11 is 0. The number of nitrogens with zero attached hydrogens (tertiary/aromatic N) is 6. The van der Waals surface area contributed by atoms with E-state index >= 15 is 0 Å². The molecule has 132 valence electrons. The standard InChI is InChI=1S/C15H26N8O/c1-9(2)17-13-19-14(18-10(3)4)21-15(20-13)23(8-16)11(5)12(24)22(6)7/h9-11H,1-7H3,(H2,17,18,19,20,21). The lowest BCUT2D eigenvalue weighted by atomic mass is 10.3. The van der Waals surface area contributed by atoms with E-state index in [-0.39, 0.29) is 23.9 Å². The Morgan fingerprint density at radius 2 is 1.46 bits per heavy atom. The summed E-state index contributed by atoms with van der Waals surface area (Å²) in [5.41, 5.74) is 0. The summed E-state index contributed by atoms with van der Waals surface area (Å²) < 4.78 is 0. The first-order chi connectivity index (χ1) is 11.1. The molecule has 0 aliphatic carbocycles. The van der Waals surface area contributed by atoms with Crippen LogP contribution in [-0.2, 0) is 4.79 Å². The van der Waals surface area contributed by atoms with Crippen LogP contribution < -0.4 is 15.5 Å². The van der Waals surface area contributed by atoms with Crippen LogP contribution in [0.1, 0.15) is 34.6 Å². The number of hydrogen-bond donors (Lipinski definition) is 2. The van der Waals surface area contributed by atoms with Gasteiger partial charge in [-0.15, -0.1) is 0 Å². The van der Waals surface area contributed by atoms with Gasteiger partial charge in [-0.2, -0.15) is 20.2 Å². The first-order valence-electron chi connectivity index (χ1n) is 7.85. The lowest BCUT2D eigenvalue weighted by molar-refractivity contribution is -0.129. The van der Waals surface area contributed by atoms with Crippen LogP contribution in [0.4, 0.5) is 17.8 Å². The SMILES string of the molecule is CC(C)Nc1nc(NC(C)C)nc(N(C#N)C(C)C(=O)N(C)C)n1. The van der Waals surface area contributed by atoms with Crippen LogP contribution in [0.3, 0.4) is 0 Å². The maximum Gasteiger partial charge on any atom is 0.246 e. The summed E-state index contributed by atoms with van der Waals surface area (Å²) in [4.78, 5) is 27.6. The van der Waals surface area contributed by atoms with Gasteiger partial charge in [0.25, 0.3) is 0 Å². The van der Waals surface area contributed by atoms with Gasteiger partial charge in [0, 0.05) is 26.2 Å². The van der Waals surface area contributed by atoms with E-state index in [0.717, 1.165) is 0 Å². The fraction of sp³-hybridized carbons (Fsp3) is 0.667. The molecular formula is C15H26N8O. The van der Waals surface area contributed by atoms with Crippen LogP contribution in [0.5, 0.6) is 0 Å². The highest BCUT2D eigenvalue weighted by atomic mass is 16.2. The third kappa shape index (κ3) is 5.22. The molecule has 24 heavy (non-hydrogen) atoms. The quantitative estimate of drug-likeness (QED) is 0.567. The zero-order valence-corrected chi connectivity index (χ0v) is 15.3. The van der Waals surface area contributed by atoms with Crippen LogP contribution in [0.15, 0.2) is 0 Å². The summed E-state index contributed by atoms with van der Waals surface area (Å²) in [6.45, 7) is 9.47. The van der Waals surface area contributed by atoms with Gasteiger partial charge in [0.15, 0.2) is 6.19 Å². The minimum Gasteiger partial charge on any atom is -0.352 e. The van der Waals surface area contributed by atoms with Crippen molar-refractivity contribution in [3.05, 3.63) is 0 Å². The van der Waals surface area contributed by atoms with Crippen LogP contribution in [0.25, 0.3) is 0 Å². The summed E-state index contributed by atoms with van der Waals surface area (Å²) in [6, 6.07) is -0.488. The van der Waals surface area contributed by atoms with Crippen molar-refractivity contribution >= 4 is 23.8 Å². The van der Waals surface area contributed by atoms with Crippen molar-refractivity contribution < 1.29 is 4.79 Å². The Kier molecular flexibility index (Phi) is 6.70. The lowest BCUT2D eigenvalue weighted by Crippen LogP contribution is -2.43. The number of nitriles is 1. The smallest absolute Gasteiger partial charge is 0.246 e. The van der Waals surface area contributed by atoms with Crippen molar-refractivity contribution in [3.8, 4) is 6.19 Å². The van der Waals surface area contributed by atoms with Gasteiger partial charge in [0.05, 0.1) is 0 Å². The normalized spacial score (nSPS) is 11.8. The van der Waals surface area contributed by atoms with E-state index in [4.69, 9.17) is 0 Å². The number of carbonyl (C=O) groups excluding carboxylic acids is 1. The highest BCUT2D eigenvalue weighted by Gasteiger charge is 2.26. The molecule has 0 radical (unpaired) electrons. The fourth-order valence-electron chi connectivity index (χ4n) is 1.91. The molecule has 0 aliphatic rings. The van der Waals surface area contributed by atoms with Gasteiger partial charge in [0.1, 0.15) is 6.04 Å². The molecule has 0 saturated heterocycles. The highest BCUT2D eigenvalue weighted by Crippen LogP contribution is 2.17. The van der Waals surface area contributed by atoms with E-state index in [1.165, 1.54) is 9.80 Å². The molecule has 0 aliphatic heterocycles. The Bertz CT molecular complexity index is 580. The Morgan fingerprint density at radius 3 is 1.79 bits per heavy atom. The average molecular weight is 334 g/mol. The maximum absolute atomic E-state index is 12.2. The average Bonchev–Trinajstić information content (AvgIpc) is 2.45. The van der Waals surface area contributed by atoms with Crippen molar-refractivity contribution in [3.63, 3.8) is 0 Å². The molecule has 1 aromatic heterocycles. The molecule has 1 unspecified atom stereocenters. The molecule has 1 rings (SSSR count).